The van der Waals surface area contributed by atoms with E-state index in [1.165, 1.54) is 32.1 Å². The summed E-state index contributed by atoms with van der Waals surface area (Å²) in [6, 6.07) is 1.51. The van der Waals surface area contributed by atoms with Gasteiger partial charge < -0.3 is 0 Å². The van der Waals surface area contributed by atoms with Crippen molar-refractivity contribution in [3.8, 4) is 0 Å². The van der Waals surface area contributed by atoms with Crippen molar-refractivity contribution in [2.24, 2.45) is 5.92 Å². The van der Waals surface area contributed by atoms with E-state index in [1.807, 2.05) is 0 Å². The second kappa shape index (κ2) is 6.49. The topological polar surface area (TPSA) is 15.3 Å². The summed E-state index contributed by atoms with van der Waals surface area (Å²) in [4.78, 5) is 0. The third kappa shape index (κ3) is 2.94. The van der Waals surface area contributed by atoms with E-state index in [1.54, 1.807) is 0 Å². The first-order valence-electron chi connectivity index (χ1n) is 6.81. The Bertz CT molecular complexity index is 170. The molecule has 3 unspecified atom stereocenters. The minimum absolute atomic E-state index is 0.733. The summed E-state index contributed by atoms with van der Waals surface area (Å²) < 4.78 is 0. The zero-order chi connectivity index (χ0) is 11.3. The van der Waals surface area contributed by atoms with Crippen LogP contribution in [-0.2, 0) is 0 Å². The van der Waals surface area contributed by atoms with Crippen molar-refractivity contribution in [2.75, 3.05) is 6.54 Å². The van der Waals surface area contributed by atoms with Crippen molar-refractivity contribution in [1.29, 1.82) is 0 Å². The Hall–Kier alpha value is -0.0800. The fourth-order valence-corrected chi connectivity index (χ4v) is 3.04. The lowest BCUT2D eigenvalue weighted by molar-refractivity contribution is 0.168. The van der Waals surface area contributed by atoms with Gasteiger partial charge in [-0.1, -0.05) is 47.0 Å². The van der Waals surface area contributed by atoms with Crippen molar-refractivity contribution < 1.29 is 0 Å². The van der Waals surface area contributed by atoms with Gasteiger partial charge in [0.15, 0.2) is 0 Å². The molecule has 2 heteroatoms. The van der Waals surface area contributed by atoms with Gasteiger partial charge in [0.25, 0.3) is 0 Å². The van der Waals surface area contributed by atoms with Gasteiger partial charge in [-0.3, -0.25) is 5.43 Å². The van der Waals surface area contributed by atoms with Gasteiger partial charge in [-0.25, -0.2) is 5.01 Å². The molecule has 2 nitrogen and oxygen atoms in total. The quantitative estimate of drug-likeness (QED) is 0.727. The van der Waals surface area contributed by atoms with Crippen LogP contribution >= 0.6 is 0 Å². The zero-order valence-electron chi connectivity index (χ0n) is 10.9. The van der Waals surface area contributed by atoms with Crippen LogP contribution in [0.4, 0.5) is 0 Å². The minimum atomic E-state index is 0.733. The van der Waals surface area contributed by atoms with E-state index >= 15 is 0 Å². The zero-order valence-corrected chi connectivity index (χ0v) is 10.9. The van der Waals surface area contributed by atoms with Gasteiger partial charge in [0.05, 0.1) is 0 Å². The molecule has 1 saturated heterocycles. The Morgan fingerprint density at radius 1 is 1.00 bits per heavy atom. The predicted molar refractivity (Wildman–Crippen MR) is 66.7 cm³/mol. The van der Waals surface area contributed by atoms with Gasteiger partial charge in [-0.2, -0.15) is 0 Å². The molecule has 1 heterocycles. The maximum Gasteiger partial charge on any atom is 0.0286 e. The summed E-state index contributed by atoms with van der Waals surface area (Å²) in [5.74, 6) is 0.866. The molecule has 1 N–H and O–H groups in total. The average Bonchev–Trinajstić information content (AvgIpc) is 2.57. The summed E-state index contributed by atoms with van der Waals surface area (Å²) in [5.41, 5.74) is 3.71. The van der Waals surface area contributed by atoms with Crippen LogP contribution in [0, 0.1) is 5.92 Å². The van der Waals surface area contributed by atoms with Crippen LogP contribution in [0.2, 0.25) is 0 Å². The molecule has 0 amide bonds. The number of nitrogens with one attached hydrogen (secondary N) is 1. The molecule has 90 valence electrons. The van der Waals surface area contributed by atoms with E-state index in [4.69, 9.17) is 0 Å². The van der Waals surface area contributed by atoms with E-state index in [0.717, 1.165) is 24.5 Å². The molecule has 0 bridgehead atoms. The maximum absolute atomic E-state index is 3.71. The molecular formula is C13H28N2. The van der Waals surface area contributed by atoms with Gasteiger partial charge in [0.1, 0.15) is 0 Å². The van der Waals surface area contributed by atoms with Crippen molar-refractivity contribution in [2.45, 2.75) is 71.9 Å². The Labute approximate surface area is 95.4 Å². The summed E-state index contributed by atoms with van der Waals surface area (Å²) in [6.45, 7) is 10.3. The fraction of sp³-hybridized carbons (Fsp3) is 1.00. The third-order valence-corrected chi connectivity index (χ3v) is 3.74. The summed E-state index contributed by atoms with van der Waals surface area (Å²) in [5, 5.41) is 2.48. The molecule has 0 radical (unpaired) electrons. The Morgan fingerprint density at radius 3 is 2.13 bits per heavy atom. The van der Waals surface area contributed by atoms with Gasteiger partial charge in [0, 0.05) is 18.6 Å². The molecular weight excluding hydrogens is 184 g/mol. The summed E-state index contributed by atoms with van der Waals surface area (Å²) in [6.07, 6.45) is 6.59. The number of hydrogen-bond donors (Lipinski definition) is 1. The van der Waals surface area contributed by atoms with Crippen LogP contribution in [0.1, 0.15) is 59.8 Å². The predicted octanol–water partition coefficient (Wildman–Crippen LogP) is 3.19. The normalized spacial score (nSPS) is 32.4. The second-order valence-corrected chi connectivity index (χ2v) is 4.74. The molecule has 1 fully saturated rings. The standard InChI is InChI=1S/C13H28N2/c1-5-9-12-11(7-3)13(10-6-2)15(8-4)14-12/h11-14H,5-10H2,1-4H3. The first-order valence-corrected chi connectivity index (χ1v) is 6.81. The molecule has 15 heavy (non-hydrogen) atoms. The SMILES string of the molecule is CCCC1NN(CC)C(CCC)C1CC. The molecule has 0 aromatic heterocycles. The second-order valence-electron chi connectivity index (χ2n) is 4.74. The number of hydrogen-bond acceptors (Lipinski definition) is 2. The molecule has 1 aliphatic heterocycles. The molecule has 0 aliphatic carbocycles. The summed E-state index contributed by atoms with van der Waals surface area (Å²) >= 11 is 0. The van der Waals surface area contributed by atoms with Gasteiger partial charge in [-0.15, -0.1) is 0 Å². The van der Waals surface area contributed by atoms with Crippen LogP contribution in [0.5, 0.6) is 0 Å². The van der Waals surface area contributed by atoms with Gasteiger partial charge in [0.2, 0.25) is 0 Å². The van der Waals surface area contributed by atoms with E-state index < -0.39 is 0 Å². The number of rotatable bonds is 6. The Kier molecular flexibility index (Phi) is 5.62. The van der Waals surface area contributed by atoms with Crippen molar-refractivity contribution in [3.05, 3.63) is 0 Å². The van der Waals surface area contributed by atoms with Gasteiger partial charge >= 0.3 is 0 Å². The maximum atomic E-state index is 3.71. The van der Waals surface area contributed by atoms with Crippen LogP contribution < -0.4 is 5.43 Å². The highest BCUT2D eigenvalue weighted by atomic mass is 15.6. The Balaban J connectivity index is 2.63. The number of nitrogens with zero attached hydrogens (tertiary/aromatic N) is 1. The first-order chi connectivity index (χ1) is 7.28. The molecule has 1 aliphatic rings. The van der Waals surface area contributed by atoms with Crippen LogP contribution in [0.15, 0.2) is 0 Å². The molecule has 0 aromatic carbocycles. The average molecular weight is 212 g/mol. The van der Waals surface area contributed by atoms with E-state index in [-0.39, 0.29) is 0 Å². The highest BCUT2D eigenvalue weighted by Crippen LogP contribution is 2.30. The highest BCUT2D eigenvalue weighted by molar-refractivity contribution is 4.91. The Morgan fingerprint density at radius 2 is 1.67 bits per heavy atom. The monoisotopic (exact) mass is 212 g/mol. The van der Waals surface area contributed by atoms with E-state index in [9.17, 15) is 0 Å². The van der Waals surface area contributed by atoms with Gasteiger partial charge in [-0.05, 0) is 18.8 Å². The van der Waals surface area contributed by atoms with Crippen molar-refractivity contribution >= 4 is 0 Å². The third-order valence-electron chi connectivity index (χ3n) is 3.74. The minimum Gasteiger partial charge on any atom is -0.252 e. The molecule has 0 aromatic rings. The fourth-order valence-electron chi connectivity index (χ4n) is 3.04. The first kappa shape index (κ1) is 13.0. The van der Waals surface area contributed by atoms with E-state index in [0.29, 0.717) is 0 Å². The van der Waals surface area contributed by atoms with Crippen LogP contribution in [0.3, 0.4) is 0 Å². The highest BCUT2D eigenvalue weighted by Gasteiger charge is 2.38. The molecule has 0 saturated carbocycles. The van der Waals surface area contributed by atoms with E-state index in [2.05, 4.69) is 38.1 Å². The lowest BCUT2D eigenvalue weighted by Gasteiger charge is -2.25. The summed E-state index contributed by atoms with van der Waals surface area (Å²) in [7, 11) is 0. The smallest absolute Gasteiger partial charge is 0.0286 e. The number of hydrazine groups is 1. The van der Waals surface area contributed by atoms with Crippen LogP contribution in [0.25, 0.3) is 0 Å². The molecule has 0 spiro atoms. The lowest BCUT2D eigenvalue weighted by atomic mass is 9.87. The van der Waals surface area contributed by atoms with Crippen LogP contribution in [-0.4, -0.2) is 23.6 Å². The largest absolute Gasteiger partial charge is 0.252 e. The van der Waals surface area contributed by atoms with Crippen molar-refractivity contribution in [1.82, 2.24) is 10.4 Å². The molecule has 3 atom stereocenters. The van der Waals surface area contributed by atoms with Crippen molar-refractivity contribution in [3.63, 3.8) is 0 Å². The molecule has 1 rings (SSSR count). The lowest BCUT2D eigenvalue weighted by Crippen LogP contribution is -2.39.